The molecule has 0 aliphatic heterocycles. The summed E-state index contributed by atoms with van der Waals surface area (Å²) < 4.78 is 53.8. The van der Waals surface area contributed by atoms with Gasteiger partial charge in [-0.1, -0.05) is 23.8 Å². The molecule has 0 saturated heterocycles. The van der Waals surface area contributed by atoms with Crippen LogP contribution in [0.4, 0.5) is 4.39 Å². The van der Waals surface area contributed by atoms with Crippen molar-refractivity contribution >= 4 is 15.9 Å². The Labute approximate surface area is 223 Å². The Hall–Kier alpha value is -4.31. The van der Waals surface area contributed by atoms with Crippen LogP contribution in [0.15, 0.2) is 65.7 Å². The number of aromatic nitrogens is 2. The van der Waals surface area contributed by atoms with Gasteiger partial charge in [-0.05, 0) is 81.3 Å². The standard InChI is InChI=1S/C28H26FN3O5S.2H2/c1-16-13-17(2)26(18(3)14-16)37-28-21(27(33)32-38(34,35)25-8-6-7-19(4)30-25)10-12-24(31-28)22-15-20(36-5)9-11-23(22)29;;/h6-15H,1-5H3,(H,32,33);2*1H. The molecule has 2 heterocycles. The van der Waals surface area contributed by atoms with Gasteiger partial charge in [0.05, 0.1) is 12.8 Å². The maximum absolute atomic E-state index is 14.7. The number of rotatable bonds is 7. The van der Waals surface area contributed by atoms with E-state index in [-0.39, 0.29) is 30.6 Å². The number of pyridine rings is 2. The number of amides is 1. The molecule has 0 aliphatic rings. The summed E-state index contributed by atoms with van der Waals surface area (Å²) in [6, 6.07) is 15.2. The van der Waals surface area contributed by atoms with Crippen LogP contribution in [0.5, 0.6) is 17.4 Å². The summed E-state index contributed by atoms with van der Waals surface area (Å²) >= 11 is 0. The fourth-order valence-corrected chi connectivity index (χ4v) is 4.97. The number of benzene rings is 2. The number of carbonyl (C=O) groups excluding carboxylic acids is 1. The molecule has 4 aromatic rings. The average molecular weight is 540 g/mol. The number of nitrogens with zero attached hydrogens (tertiary/aromatic N) is 2. The number of halogens is 1. The molecule has 38 heavy (non-hydrogen) atoms. The van der Waals surface area contributed by atoms with Gasteiger partial charge >= 0.3 is 0 Å². The van der Waals surface area contributed by atoms with Crippen molar-refractivity contribution in [1.82, 2.24) is 14.7 Å². The predicted octanol–water partition coefficient (Wildman–Crippen LogP) is 5.93. The second-order valence-corrected chi connectivity index (χ2v) is 10.4. The lowest BCUT2D eigenvalue weighted by atomic mass is 10.1. The van der Waals surface area contributed by atoms with Crippen molar-refractivity contribution in [2.45, 2.75) is 32.7 Å². The normalized spacial score (nSPS) is 11.2. The lowest BCUT2D eigenvalue weighted by Crippen LogP contribution is -2.31. The van der Waals surface area contributed by atoms with Crippen LogP contribution < -0.4 is 14.2 Å². The zero-order valence-corrected chi connectivity index (χ0v) is 22.3. The van der Waals surface area contributed by atoms with E-state index in [2.05, 4.69) is 9.97 Å². The highest BCUT2D eigenvalue weighted by Crippen LogP contribution is 2.34. The smallest absolute Gasteiger partial charge is 0.281 e. The van der Waals surface area contributed by atoms with E-state index in [0.29, 0.717) is 17.2 Å². The number of hydrogen-bond donors (Lipinski definition) is 1. The first-order valence-electron chi connectivity index (χ1n) is 11.6. The lowest BCUT2D eigenvalue weighted by molar-refractivity contribution is 0.0978. The van der Waals surface area contributed by atoms with Crippen molar-refractivity contribution in [3.05, 3.63) is 94.4 Å². The van der Waals surface area contributed by atoms with Gasteiger partial charge in [-0.25, -0.2) is 19.1 Å². The third-order valence-corrected chi connectivity index (χ3v) is 6.96. The van der Waals surface area contributed by atoms with Gasteiger partial charge in [-0.2, -0.15) is 8.42 Å². The van der Waals surface area contributed by atoms with Gasteiger partial charge < -0.3 is 9.47 Å². The van der Waals surface area contributed by atoms with Gasteiger partial charge in [0.25, 0.3) is 15.9 Å². The van der Waals surface area contributed by atoms with Gasteiger partial charge in [0.1, 0.15) is 22.9 Å². The summed E-state index contributed by atoms with van der Waals surface area (Å²) in [6.45, 7) is 7.26. The van der Waals surface area contributed by atoms with Crippen LogP contribution in [0.3, 0.4) is 0 Å². The fraction of sp³-hybridized carbons (Fsp3) is 0.179. The third kappa shape index (κ3) is 5.65. The molecule has 0 radical (unpaired) electrons. The molecule has 2 aromatic carbocycles. The quantitative estimate of drug-likeness (QED) is 0.310. The lowest BCUT2D eigenvalue weighted by Gasteiger charge is -2.16. The van der Waals surface area contributed by atoms with Crippen molar-refractivity contribution in [3.63, 3.8) is 0 Å². The Morgan fingerprint density at radius 3 is 2.32 bits per heavy atom. The maximum Gasteiger partial charge on any atom is 0.281 e. The summed E-state index contributed by atoms with van der Waals surface area (Å²) in [7, 11) is -2.83. The number of hydrogen-bond acceptors (Lipinski definition) is 7. The van der Waals surface area contributed by atoms with Crippen LogP contribution in [0.25, 0.3) is 11.3 Å². The first kappa shape index (κ1) is 26.7. The molecule has 0 saturated carbocycles. The van der Waals surface area contributed by atoms with Gasteiger partial charge in [-0.3, -0.25) is 4.79 Å². The molecule has 0 fully saturated rings. The number of sulfonamides is 1. The van der Waals surface area contributed by atoms with E-state index in [1.165, 1.54) is 49.6 Å². The van der Waals surface area contributed by atoms with Gasteiger partial charge in [0, 0.05) is 14.1 Å². The summed E-state index contributed by atoms with van der Waals surface area (Å²) in [5.74, 6) is -0.865. The zero-order valence-electron chi connectivity index (χ0n) is 21.5. The Kier molecular flexibility index (Phi) is 7.45. The highest BCUT2D eigenvalue weighted by atomic mass is 32.2. The zero-order chi connectivity index (χ0) is 27.6. The van der Waals surface area contributed by atoms with Crippen molar-refractivity contribution in [1.29, 1.82) is 0 Å². The second kappa shape index (κ2) is 10.6. The van der Waals surface area contributed by atoms with Gasteiger partial charge in [0.2, 0.25) is 5.88 Å². The molecule has 0 atom stereocenters. The topological polar surface area (TPSA) is 107 Å². The van der Waals surface area contributed by atoms with Crippen LogP contribution in [0.2, 0.25) is 0 Å². The monoisotopic (exact) mass is 539 g/mol. The van der Waals surface area contributed by atoms with Crippen molar-refractivity contribution in [3.8, 4) is 28.6 Å². The average Bonchev–Trinajstić information content (AvgIpc) is 2.86. The van der Waals surface area contributed by atoms with Crippen LogP contribution >= 0.6 is 0 Å². The van der Waals surface area contributed by atoms with E-state index in [1.807, 2.05) is 37.6 Å². The van der Waals surface area contributed by atoms with Crippen molar-refractivity contribution < 1.29 is 29.9 Å². The summed E-state index contributed by atoms with van der Waals surface area (Å²) in [5.41, 5.74) is 3.18. The summed E-state index contributed by atoms with van der Waals surface area (Å²) in [4.78, 5) is 21.7. The second-order valence-electron chi connectivity index (χ2n) is 8.78. The van der Waals surface area contributed by atoms with Crippen LogP contribution in [-0.2, 0) is 10.0 Å². The molecule has 8 nitrogen and oxygen atoms in total. The molecule has 10 heteroatoms. The van der Waals surface area contributed by atoms with Crippen LogP contribution in [-0.4, -0.2) is 31.4 Å². The van der Waals surface area contributed by atoms with E-state index in [4.69, 9.17) is 9.47 Å². The van der Waals surface area contributed by atoms with E-state index >= 15 is 0 Å². The number of nitrogens with one attached hydrogen (secondary N) is 1. The molecule has 0 spiro atoms. The predicted molar refractivity (Wildman–Crippen MR) is 145 cm³/mol. The highest BCUT2D eigenvalue weighted by Gasteiger charge is 2.25. The molecular weight excluding hydrogens is 509 g/mol. The molecular formula is C28H30FN3O5S. The number of methoxy groups -OCH3 is 1. The van der Waals surface area contributed by atoms with Gasteiger partial charge in [-0.15, -0.1) is 0 Å². The van der Waals surface area contributed by atoms with Crippen LogP contribution in [0, 0.1) is 33.5 Å². The third-order valence-electron chi connectivity index (χ3n) is 5.72. The Bertz CT molecular complexity index is 1640. The minimum atomic E-state index is -4.29. The first-order valence-corrected chi connectivity index (χ1v) is 13.1. The molecule has 4 rings (SSSR count). The van der Waals surface area contributed by atoms with Crippen LogP contribution in [0.1, 0.15) is 35.6 Å². The van der Waals surface area contributed by atoms with Crippen molar-refractivity contribution in [2.75, 3.05) is 7.11 Å². The molecule has 1 N–H and O–H groups in total. The fourth-order valence-electron chi connectivity index (χ4n) is 3.99. The maximum atomic E-state index is 14.7. The number of carbonyl (C=O) groups is 1. The first-order chi connectivity index (χ1) is 18.0. The Balaban J connectivity index is 0.00000280. The minimum absolute atomic E-state index is 0. The summed E-state index contributed by atoms with van der Waals surface area (Å²) in [5, 5.41) is -0.304. The Morgan fingerprint density at radius 2 is 1.66 bits per heavy atom. The van der Waals surface area contributed by atoms with E-state index in [9.17, 15) is 17.6 Å². The molecule has 200 valence electrons. The molecule has 2 aromatic heterocycles. The van der Waals surface area contributed by atoms with Crippen molar-refractivity contribution in [2.24, 2.45) is 0 Å². The van der Waals surface area contributed by atoms with E-state index < -0.39 is 21.7 Å². The minimum Gasteiger partial charge on any atom is -0.497 e. The molecule has 1 amide bonds. The number of aryl methyl sites for hydroxylation is 4. The molecule has 0 bridgehead atoms. The van der Waals surface area contributed by atoms with E-state index in [0.717, 1.165) is 16.7 Å². The van der Waals surface area contributed by atoms with Gasteiger partial charge in [0.15, 0.2) is 5.03 Å². The highest BCUT2D eigenvalue weighted by molar-refractivity contribution is 7.90. The molecule has 0 aliphatic carbocycles. The number of ether oxygens (including phenoxy) is 2. The largest absolute Gasteiger partial charge is 0.497 e. The van der Waals surface area contributed by atoms with E-state index in [1.54, 1.807) is 13.0 Å². The Morgan fingerprint density at radius 1 is 0.947 bits per heavy atom. The molecule has 0 unspecified atom stereocenters. The SMILES string of the molecule is COc1ccc(F)c(-c2ccc(C(=O)NS(=O)(=O)c3cccc(C)n3)c(Oc3c(C)cc(C)cc3C)n2)c1.[HH].[HH]. The summed E-state index contributed by atoms with van der Waals surface area (Å²) in [6.07, 6.45) is 0.